The molecule has 0 unspecified atom stereocenters. The molecule has 0 fully saturated rings. The molecular formula is C35H40N4O7. The minimum absolute atomic E-state index is 0.209. The van der Waals surface area contributed by atoms with Crippen molar-refractivity contribution in [3.63, 3.8) is 0 Å². The maximum absolute atomic E-state index is 13.6. The maximum Gasteiger partial charge on any atom is 0.242 e. The number of benzene rings is 2. The quantitative estimate of drug-likeness (QED) is 0.222. The van der Waals surface area contributed by atoms with Crippen LogP contribution in [0.5, 0.6) is 23.0 Å². The van der Waals surface area contributed by atoms with Crippen LogP contribution in [0, 0.1) is 0 Å². The highest BCUT2D eigenvalue weighted by molar-refractivity contribution is 5.86. The lowest BCUT2D eigenvalue weighted by Crippen LogP contribution is -2.39. The first-order chi connectivity index (χ1) is 22.2. The molecule has 3 N–H and O–H groups in total. The number of anilines is 1. The predicted molar refractivity (Wildman–Crippen MR) is 177 cm³/mol. The molecular weight excluding hydrogens is 588 g/mol. The van der Waals surface area contributed by atoms with E-state index >= 15 is 0 Å². The Labute approximate surface area is 267 Å². The molecule has 0 radical (unpaired) electrons. The van der Waals surface area contributed by atoms with E-state index < -0.39 is 12.1 Å². The second-order valence-electron chi connectivity index (χ2n) is 11.2. The van der Waals surface area contributed by atoms with Gasteiger partial charge in [-0.15, -0.1) is 0 Å². The second-order valence-corrected chi connectivity index (χ2v) is 11.2. The van der Waals surface area contributed by atoms with Crippen LogP contribution in [0.2, 0.25) is 0 Å². The molecule has 0 aliphatic heterocycles. The molecule has 0 bridgehead atoms. The predicted octanol–water partition coefficient (Wildman–Crippen LogP) is 4.44. The molecule has 5 rings (SSSR count). The van der Waals surface area contributed by atoms with Crippen LogP contribution in [-0.4, -0.2) is 57.4 Å². The number of carbonyl (C=O) groups is 2. The van der Waals surface area contributed by atoms with Gasteiger partial charge in [0.25, 0.3) is 0 Å². The van der Waals surface area contributed by atoms with Gasteiger partial charge >= 0.3 is 0 Å². The van der Waals surface area contributed by atoms with Crippen molar-refractivity contribution in [2.75, 3.05) is 40.3 Å². The number of fused-ring (bicyclic) bond motifs is 4. The van der Waals surface area contributed by atoms with Gasteiger partial charge in [0.2, 0.25) is 23.0 Å². The number of hydrogen-bond acceptors (Lipinski definition) is 8. The van der Waals surface area contributed by atoms with Crippen LogP contribution in [-0.2, 0) is 22.6 Å². The van der Waals surface area contributed by atoms with Crippen molar-refractivity contribution in [2.24, 2.45) is 0 Å². The van der Waals surface area contributed by atoms with Crippen LogP contribution in [0.15, 0.2) is 59.5 Å². The number of aromatic nitrogens is 1. The van der Waals surface area contributed by atoms with Crippen molar-refractivity contribution >= 4 is 28.4 Å². The van der Waals surface area contributed by atoms with Crippen LogP contribution in [0.25, 0.3) is 22.0 Å². The summed E-state index contributed by atoms with van der Waals surface area (Å²) in [6.07, 6.45) is 3.12. The van der Waals surface area contributed by atoms with Crippen molar-refractivity contribution in [1.29, 1.82) is 0 Å². The van der Waals surface area contributed by atoms with Gasteiger partial charge in [-0.1, -0.05) is 6.07 Å². The number of aryl methyl sites for hydroxylation is 1. The molecule has 2 amide bonds. The third-order valence-electron chi connectivity index (χ3n) is 8.31. The Hall–Kier alpha value is -5.19. The molecule has 3 aromatic carbocycles. The number of nitrogens with one attached hydrogen (secondary N) is 3. The lowest BCUT2D eigenvalue weighted by molar-refractivity contribution is -0.121. The molecule has 11 heteroatoms. The first kappa shape index (κ1) is 32.2. The largest absolute Gasteiger partial charge is 0.497 e. The summed E-state index contributed by atoms with van der Waals surface area (Å²) in [6.45, 7) is 4.14. The van der Waals surface area contributed by atoms with Gasteiger partial charge in [0.1, 0.15) is 11.8 Å². The minimum Gasteiger partial charge on any atom is -0.497 e. The lowest BCUT2D eigenvalue weighted by atomic mass is 9.95. The summed E-state index contributed by atoms with van der Waals surface area (Å²) >= 11 is 0. The average Bonchev–Trinajstić information content (AvgIpc) is 3.31. The lowest BCUT2D eigenvalue weighted by Gasteiger charge is -2.19. The van der Waals surface area contributed by atoms with Crippen molar-refractivity contribution < 1.29 is 28.5 Å². The van der Waals surface area contributed by atoms with Gasteiger partial charge in [0.05, 0.1) is 40.2 Å². The number of ether oxygens (including phenoxy) is 4. The summed E-state index contributed by atoms with van der Waals surface area (Å²) in [5.41, 5.74) is 4.03. The third kappa shape index (κ3) is 6.44. The average molecular weight is 629 g/mol. The Kier molecular flexibility index (Phi) is 9.69. The van der Waals surface area contributed by atoms with Crippen molar-refractivity contribution in [2.45, 2.75) is 45.3 Å². The molecule has 4 aromatic rings. The maximum atomic E-state index is 13.6. The Morgan fingerprint density at radius 2 is 1.74 bits per heavy atom. The van der Waals surface area contributed by atoms with E-state index in [1.54, 1.807) is 34.3 Å². The van der Waals surface area contributed by atoms with E-state index in [-0.39, 0.29) is 22.9 Å². The molecule has 46 heavy (non-hydrogen) atoms. The normalized spacial score (nSPS) is 14.3. The molecule has 0 spiro atoms. The van der Waals surface area contributed by atoms with Gasteiger partial charge in [-0.25, -0.2) is 0 Å². The highest BCUT2D eigenvalue weighted by atomic mass is 16.5. The van der Waals surface area contributed by atoms with Crippen molar-refractivity contribution in [3.05, 3.63) is 76.1 Å². The number of methoxy groups -OCH3 is 4. The molecule has 242 valence electrons. The fourth-order valence-corrected chi connectivity index (χ4v) is 6.08. The molecule has 1 heterocycles. The zero-order chi connectivity index (χ0) is 33.0. The van der Waals surface area contributed by atoms with Crippen LogP contribution < -0.4 is 40.3 Å². The van der Waals surface area contributed by atoms with Gasteiger partial charge in [0, 0.05) is 42.7 Å². The summed E-state index contributed by atoms with van der Waals surface area (Å²) in [4.78, 5) is 38.9. The second kappa shape index (κ2) is 13.8. The van der Waals surface area contributed by atoms with E-state index in [9.17, 15) is 14.4 Å². The third-order valence-corrected chi connectivity index (χ3v) is 8.31. The highest BCUT2D eigenvalue weighted by Crippen LogP contribution is 2.50. The number of rotatable bonds is 11. The molecule has 0 saturated carbocycles. The van der Waals surface area contributed by atoms with E-state index in [0.717, 1.165) is 27.8 Å². The van der Waals surface area contributed by atoms with Gasteiger partial charge in [-0.2, -0.15) is 0 Å². The summed E-state index contributed by atoms with van der Waals surface area (Å²) in [5, 5.41) is 10.1. The number of carbonyl (C=O) groups excluding carboxylic acids is 2. The van der Waals surface area contributed by atoms with Gasteiger partial charge < -0.3 is 39.5 Å². The zero-order valence-electron chi connectivity index (χ0n) is 27.0. The van der Waals surface area contributed by atoms with E-state index in [0.29, 0.717) is 54.3 Å². The summed E-state index contributed by atoms with van der Waals surface area (Å²) in [7, 11) is 6.29. The number of nitrogens with zero attached hydrogens (tertiary/aromatic N) is 1. The van der Waals surface area contributed by atoms with E-state index in [4.69, 9.17) is 18.9 Å². The van der Waals surface area contributed by atoms with E-state index in [1.165, 1.54) is 20.1 Å². The smallest absolute Gasteiger partial charge is 0.242 e. The molecule has 1 aliphatic carbocycles. The van der Waals surface area contributed by atoms with Crippen molar-refractivity contribution in [1.82, 2.24) is 15.2 Å². The monoisotopic (exact) mass is 628 g/mol. The summed E-state index contributed by atoms with van der Waals surface area (Å²) < 4.78 is 24.5. The zero-order valence-corrected chi connectivity index (χ0v) is 27.0. The SMILES string of the molecule is COc1ccc2c(ccn2CCNC(=O)[C@@H](C)Nc2ccc3c(cc2=O)[C@H](NC(C)=O)CCc2cc(OC)c(OC)c(OC)c2-3)c1. The number of amides is 2. The van der Waals surface area contributed by atoms with E-state index in [2.05, 4.69) is 20.5 Å². The van der Waals surface area contributed by atoms with Crippen LogP contribution in [0.1, 0.15) is 37.4 Å². The highest BCUT2D eigenvalue weighted by Gasteiger charge is 2.29. The van der Waals surface area contributed by atoms with Gasteiger partial charge in [0.15, 0.2) is 11.5 Å². The first-order valence-electron chi connectivity index (χ1n) is 15.1. The number of hydrogen-bond donors (Lipinski definition) is 3. The molecule has 1 aromatic heterocycles. The standard InChI is InChI=1S/C35H40N4O7/c1-20(35(42)36-14-16-39-15-13-22-17-24(43-3)8-12-29(22)39)37-28-11-9-25-26(19-30(28)41)27(38-21(2)40)10-7-23-18-31(44-4)33(45-5)34(46-6)32(23)25/h8-9,11-13,15,17-20,27H,7,10,14,16H2,1-6H3,(H,36,42)(H,37,41)(H,38,40)/t20-,27-/m1/s1. The Balaban J connectivity index is 1.41. The molecule has 0 saturated heterocycles. The Morgan fingerprint density at radius 3 is 2.43 bits per heavy atom. The van der Waals surface area contributed by atoms with Gasteiger partial charge in [-0.05, 0) is 78.9 Å². The summed E-state index contributed by atoms with van der Waals surface area (Å²) in [5.74, 6) is 1.76. The minimum atomic E-state index is -0.696. The summed E-state index contributed by atoms with van der Waals surface area (Å²) in [6, 6.07) is 13.7. The first-order valence-corrected chi connectivity index (χ1v) is 15.1. The topological polar surface area (TPSA) is 129 Å². The fraction of sp³-hybridized carbons (Fsp3) is 0.343. The van der Waals surface area contributed by atoms with E-state index in [1.807, 2.05) is 42.6 Å². The Bertz CT molecular complexity index is 1830. The molecule has 1 aliphatic rings. The molecule has 2 atom stereocenters. The van der Waals surface area contributed by atoms with Crippen LogP contribution in [0.3, 0.4) is 0 Å². The van der Waals surface area contributed by atoms with Crippen molar-refractivity contribution in [3.8, 4) is 34.1 Å². The molecule has 11 nitrogen and oxygen atoms in total. The van der Waals surface area contributed by atoms with Gasteiger partial charge in [-0.3, -0.25) is 14.4 Å². The Morgan fingerprint density at radius 1 is 0.957 bits per heavy atom. The van der Waals surface area contributed by atoms with Crippen LogP contribution >= 0.6 is 0 Å². The van der Waals surface area contributed by atoms with Crippen LogP contribution in [0.4, 0.5) is 5.69 Å². The fourth-order valence-electron chi connectivity index (χ4n) is 6.08.